The van der Waals surface area contributed by atoms with Crippen LogP contribution in [0.1, 0.15) is 28.7 Å². The fourth-order valence-corrected chi connectivity index (χ4v) is 3.02. The summed E-state index contributed by atoms with van der Waals surface area (Å²) in [5, 5.41) is 10.0. The number of carbonyl (C=O) groups excluding carboxylic acids is 1. The fourth-order valence-electron chi connectivity index (χ4n) is 3.02. The number of hydrogen-bond acceptors (Lipinski definition) is 4. The molecular weight excluding hydrogens is 282 g/mol. The van der Waals surface area contributed by atoms with E-state index in [0.29, 0.717) is 24.5 Å². The van der Waals surface area contributed by atoms with Gasteiger partial charge in [-0.25, -0.2) is 4.98 Å². The lowest BCUT2D eigenvalue weighted by Gasteiger charge is -2.28. The van der Waals surface area contributed by atoms with Crippen molar-refractivity contribution in [3.63, 3.8) is 0 Å². The maximum Gasteiger partial charge on any atom is 0.273 e. The molecule has 1 saturated heterocycles. The summed E-state index contributed by atoms with van der Waals surface area (Å²) in [5.74, 6) is -0.120. The van der Waals surface area contributed by atoms with E-state index < -0.39 is 6.10 Å². The van der Waals surface area contributed by atoms with Crippen molar-refractivity contribution < 1.29 is 14.6 Å². The first kappa shape index (κ1) is 15.0. The van der Waals surface area contributed by atoms with E-state index in [1.165, 1.54) is 0 Å². The number of aliphatic hydroxyl groups excluding tert-OH is 1. The third-order valence-corrected chi connectivity index (χ3v) is 4.18. The summed E-state index contributed by atoms with van der Waals surface area (Å²) in [6.07, 6.45) is 1.23. The number of carbonyl (C=O) groups is 1. The minimum absolute atomic E-state index is 0.120. The first-order valence-corrected chi connectivity index (χ1v) is 7.55. The van der Waals surface area contributed by atoms with Crippen LogP contribution in [0.2, 0.25) is 0 Å². The predicted octanol–water partition coefficient (Wildman–Crippen LogP) is 1.17. The number of ether oxygens (including phenoxy) is 1. The Hall–Kier alpha value is -1.92. The summed E-state index contributed by atoms with van der Waals surface area (Å²) in [5.41, 5.74) is 3.11. The third kappa shape index (κ3) is 2.38. The molecule has 3 rings (SSSR count). The second kappa shape index (κ2) is 5.70. The van der Waals surface area contributed by atoms with Crippen molar-refractivity contribution in [2.24, 2.45) is 0 Å². The van der Waals surface area contributed by atoms with Gasteiger partial charge in [-0.2, -0.15) is 0 Å². The number of pyridine rings is 1. The number of likely N-dealkylation sites (N-methyl/N-ethyl adjacent to an activating group) is 1. The summed E-state index contributed by atoms with van der Waals surface area (Å²) in [4.78, 5) is 19.1. The number of aromatic nitrogens is 2. The Bertz CT molecular complexity index is 710. The monoisotopic (exact) mass is 303 g/mol. The molecule has 0 bridgehead atoms. The molecule has 2 aromatic rings. The van der Waals surface area contributed by atoms with Crippen LogP contribution >= 0.6 is 0 Å². The van der Waals surface area contributed by atoms with Crippen molar-refractivity contribution in [1.82, 2.24) is 14.3 Å². The van der Waals surface area contributed by atoms with Crippen molar-refractivity contribution in [2.75, 3.05) is 19.8 Å². The van der Waals surface area contributed by atoms with Crippen molar-refractivity contribution in [2.45, 2.75) is 32.9 Å². The quantitative estimate of drug-likeness (QED) is 0.924. The Morgan fingerprint density at radius 3 is 2.91 bits per heavy atom. The molecule has 0 spiro atoms. The number of aryl methyl sites for hydroxylation is 2. The van der Waals surface area contributed by atoms with Crippen molar-refractivity contribution in [3.05, 3.63) is 35.3 Å². The van der Waals surface area contributed by atoms with Crippen molar-refractivity contribution in [3.8, 4) is 0 Å². The van der Waals surface area contributed by atoms with Crippen LogP contribution in [0.25, 0.3) is 5.65 Å². The van der Waals surface area contributed by atoms with Gasteiger partial charge in [-0.1, -0.05) is 0 Å². The molecule has 6 nitrogen and oxygen atoms in total. The second-order valence-corrected chi connectivity index (χ2v) is 5.74. The van der Waals surface area contributed by atoms with E-state index in [1.54, 1.807) is 4.90 Å². The van der Waals surface area contributed by atoms with Crippen molar-refractivity contribution >= 4 is 11.6 Å². The van der Waals surface area contributed by atoms with Crippen LogP contribution < -0.4 is 0 Å². The third-order valence-electron chi connectivity index (χ3n) is 4.18. The van der Waals surface area contributed by atoms with Crippen molar-refractivity contribution in [1.29, 1.82) is 0 Å². The number of nitrogens with zero attached hydrogens (tertiary/aromatic N) is 3. The number of rotatable bonds is 3. The molecule has 0 aliphatic carbocycles. The molecule has 6 heteroatoms. The topological polar surface area (TPSA) is 67.1 Å². The SMILES string of the molecule is CCN(C(=O)c1c(C)nc2cc(C)ccn12)[C@@H]1COC[C@H]1O. The van der Waals surface area contributed by atoms with Crippen LogP contribution in [-0.4, -0.2) is 57.2 Å². The maximum absolute atomic E-state index is 13.0. The molecule has 0 radical (unpaired) electrons. The molecule has 0 aromatic carbocycles. The molecule has 118 valence electrons. The second-order valence-electron chi connectivity index (χ2n) is 5.74. The number of imidazole rings is 1. The molecule has 2 aromatic heterocycles. The van der Waals surface area contributed by atoms with Gasteiger partial charge in [0, 0.05) is 12.7 Å². The van der Waals surface area contributed by atoms with E-state index in [1.807, 2.05) is 43.5 Å². The highest BCUT2D eigenvalue weighted by Crippen LogP contribution is 2.20. The highest BCUT2D eigenvalue weighted by molar-refractivity contribution is 5.95. The molecule has 1 fully saturated rings. The van der Waals surface area contributed by atoms with E-state index in [4.69, 9.17) is 4.74 Å². The Morgan fingerprint density at radius 2 is 2.27 bits per heavy atom. The summed E-state index contributed by atoms with van der Waals surface area (Å²) in [6, 6.07) is 3.61. The van der Waals surface area contributed by atoms with Crippen LogP contribution in [0, 0.1) is 13.8 Å². The average molecular weight is 303 g/mol. The maximum atomic E-state index is 13.0. The lowest BCUT2D eigenvalue weighted by atomic mass is 10.1. The largest absolute Gasteiger partial charge is 0.388 e. The van der Waals surface area contributed by atoms with Gasteiger partial charge >= 0.3 is 0 Å². The Morgan fingerprint density at radius 1 is 1.50 bits per heavy atom. The highest BCUT2D eigenvalue weighted by atomic mass is 16.5. The number of fused-ring (bicyclic) bond motifs is 1. The smallest absolute Gasteiger partial charge is 0.273 e. The molecule has 2 atom stereocenters. The zero-order valence-corrected chi connectivity index (χ0v) is 13.1. The fraction of sp³-hybridized carbons (Fsp3) is 0.500. The van der Waals surface area contributed by atoms with Gasteiger partial charge < -0.3 is 14.7 Å². The number of hydrogen-bond donors (Lipinski definition) is 1. The van der Waals surface area contributed by atoms with Crippen LogP contribution in [0.15, 0.2) is 18.3 Å². The Labute approximate surface area is 129 Å². The first-order valence-electron chi connectivity index (χ1n) is 7.55. The lowest BCUT2D eigenvalue weighted by molar-refractivity contribution is 0.0513. The van der Waals surface area contributed by atoms with Crippen LogP contribution in [-0.2, 0) is 4.74 Å². The molecule has 1 aliphatic heterocycles. The van der Waals surface area contributed by atoms with E-state index in [9.17, 15) is 9.90 Å². The predicted molar refractivity (Wildman–Crippen MR) is 82.0 cm³/mol. The van der Waals surface area contributed by atoms with Gasteiger partial charge in [0.2, 0.25) is 0 Å². The normalized spacial score (nSPS) is 21.5. The molecule has 22 heavy (non-hydrogen) atoms. The van der Waals surface area contributed by atoms with Crippen LogP contribution in [0.3, 0.4) is 0 Å². The zero-order chi connectivity index (χ0) is 15.9. The van der Waals surface area contributed by atoms with Crippen LogP contribution in [0.4, 0.5) is 0 Å². The minimum atomic E-state index is -0.634. The Kier molecular flexibility index (Phi) is 3.88. The lowest BCUT2D eigenvalue weighted by Crippen LogP contribution is -2.47. The summed E-state index contributed by atoms with van der Waals surface area (Å²) >= 11 is 0. The highest BCUT2D eigenvalue weighted by Gasteiger charge is 2.35. The molecular formula is C16H21N3O3. The molecule has 0 unspecified atom stereocenters. The van der Waals surface area contributed by atoms with E-state index in [-0.39, 0.29) is 18.6 Å². The molecule has 0 saturated carbocycles. The van der Waals surface area contributed by atoms with Gasteiger partial charge in [0.1, 0.15) is 11.3 Å². The molecule has 1 aliphatic rings. The van der Waals surface area contributed by atoms with Gasteiger partial charge in [-0.15, -0.1) is 0 Å². The van der Waals surface area contributed by atoms with Crippen LogP contribution in [0.5, 0.6) is 0 Å². The van der Waals surface area contributed by atoms with Gasteiger partial charge in [-0.05, 0) is 38.5 Å². The molecule has 1 amide bonds. The average Bonchev–Trinajstić information content (AvgIpc) is 3.02. The van der Waals surface area contributed by atoms with Gasteiger partial charge in [0.15, 0.2) is 0 Å². The van der Waals surface area contributed by atoms with E-state index in [2.05, 4.69) is 4.98 Å². The molecule has 3 heterocycles. The standard InChI is InChI=1S/C16H21N3O3/c1-4-18(12-8-22-9-13(12)20)16(21)15-11(3)17-14-7-10(2)5-6-19(14)15/h5-7,12-13,20H,4,8-9H2,1-3H3/t12-,13-/m1/s1. The summed E-state index contributed by atoms with van der Waals surface area (Å²) in [6.45, 7) is 6.91. The Balaban J connectivity index is 2.02. The number of aliphatic hydroxyl groups is 1. The summed E-state index contributed by atoms with van der Waals surface area (Å²) in [7, 11) is 0. The summed E-state index contributed by atoms with van der Waals surface area (Å²) < 4.78 is 7.10. The van der Waals surface area contributed by atoms with E-state index >= 15 is 0 Å². The molecule has 1 N–H and O–H groups in total. The minimum Gasteiger partial charge on any atom is -0.388 e. The van der Waals surface area contributed by atoms with Gasteiger partial charge in [0.05, 0.1) is 31.1 Å². The zero-order valence-electron chi connectivity index (χ0n) is 13.1. The van der Waals surface area contributed by atoms with Gasteiger partial charge in [-0.3, -0.25) is 9.20 Å². The number of amides is 1. The van der Waals surface area contributed by atoms with Gasteiger partial charge in [0.25, 0.3) is 5.91 Å². The van der Waals surface area contributed by atoms with E-state index in [0.717, 1.165) is 11.2 Å². The first-order chi connectivity index (χ1) is 10.5.